The van der Waals surface area contributed by atoms with Gasteiger partial charge in [-0.05, 0) is 7.85 Å². The van der Waals surface area contributed by atoms with Crippen LogP contribution in [0.15, 0.2) is 0 Å². The maximum absolute atomic E-state index is 2.28. The first kappa shape index (κ1) is 4.06. The summed E-state index contributed by atoms with van der Waals surface area (Å²) < 4.78 is 0. The van der Waals surface area contributed by atoms with Crippen LogP contribution < -0.4 is 0 Å². The second-order valence-electron chi connectivity index (χ2n) is 0.577. The van der Waals surface area contributed by atoms with E-state index in [1.165, 1.54) is 0 Å². The Morgan fingerprint density at radius 1 is 1.50 bits per heavy atom. The highest BCUT2D eigenvalue weighted by molar-refractivity contribution is 6.10. The van der Waals surface area contributed by atoms with Crippen LogP contribution in [0.5, 0.6) is 0 Å². The lowest BCUT2D eigenvalue weighted by molar-refractivity contribution is 1.08. The first-order valence-corrected chi connectivity index (χ1v) is 1.15. The van der Waals surface area contributed by atoms with Gasteiger partial charge in [-0.15, -0.1) is 0 Å². The molecule has 0 amide bonds. The van der Waals surface area contributed by atoms with E-state index in [1.54, 1.807) is 0 Å². The summed E-state index contributed by atoms with van der Waals surface area (Å²) in [6.07, 6.45) is 0. The topological polar surface area (TPSA) is 0 Å². The van der Waals surface area contributed by atoms with Crippen molar-refractivity contribution < 1.29 is 0 Å². The van der Waals surface area contributed by atoms with Gasteiger partial charge >= 0.3 is 0 Å². The van der Waals surface area contributed by atoms with Gasteiger partial charge in [0, 0.05) is 0 Å². The van der Waals surface area contributed by atoms with Gasteiger partial charge in [-0.25, -0.2) is 0 Å². The molecule has 0 aromatic heterocycles. The number of hydrogen-bond acceptors (Lipinski definition) is 0. The van der Waals surface area contributed by atoms with E-state index in [-0.39, 0.29) is 0 Å². The van der Waals surface area contributed by atoms with Gasteiger partial charge in [0.25, 0.3) is 0 Å². The fraction of sp³-hybridized carbons (Fsp3) is 1.00. The minimum absolute atomic E-state index is 0.694. The quantitative estimate of drug-likeness (QED) is 0.348. The smallest absolute Gasteiger partial charge is 0.0450 e. The van der Waals surface area contributed by atoms with Crippen LogP contribution in [0.2, 0.25) is 5.82 Å². The maximum atomic E-state index is 2.28. The first-order chi connectivity index (χ1) is 1.73. The summed E-state index contributed by atoms with van der Waals surface area (Å²) in [4.78, 5) is 0. The van der Waals surface area contributed by atoms with Crippen molar-refractivity contribution in [1.82, 2.24) is 0 Å². The minimum atomic E-state index is 0.694. The van der Waals surface area contributed by atoms with E-state index in [0.717, 1.165) is 5.82 Å². The van der Waals surface area contributed by atoms with Crippen LogP contribution in [-0.4, -0.2) is 7.85 Å². The molecule has 0 aliphatic carbocycles. The second kappa shape index (κ2) is 1.39. The summed E-state index contributed by atoms with van der Waals surface area (Å²) in [5.74, 6) is 1.08. The molecule has 4 heavy (non-hydrogen) atoms. The highest BCUT2D eigenvalue weighted by Gasteiger charge is 1.60. The van der Waals surface area contributed by atoms with Crippen molar-refractivity contribution in [2.75, 3.05) is 0 Å². The molecule has 0 spiro atoms. The molecular formula is C3H10B-. The number of hydrogen-bond donors (Lipinski definition) is 0. The van der Waals surface area contributed by atoms with E-state index in [4.69, 9.17) is 0 Å². The van der Waals surface area contributed by atoms with Crippen molar-refractivity contribution in [3.05, 3.63) is 0 Å². The van der Waals surface area contributed by atoms with Gasteiger partial charge in [0.2, 0.25) is 0 Å². The van der Waals surface area contributed by atoms with Gasteiger partial charge in [-0.1, -0.05) is 13.8 Å². The Morgan fingerprint density at radius 3 is 1.50 bits per heavy atom. The van der Waals surface area contributed by atoms with Crippen molar-refractivity contribution in [3.8, 4) is 0 Å². The van der Waals surface area contributed by atoms with E-state index in [0.29, 0.717) is 7.85 Å². The molecule has 0 saturated heterocycles. The van der Waals surface area contributed by atoms with Crippen molar-refractivity contribution >= 4 is 7.85 Å². The Balaban J connectivity index is 2.32. The van der Waals surface area contributed by atoms with Crippen LogP contribution in [-0.2, 0) is 0 Å². The van der Waals surface area contributed by atoms with Gasteiger partial charge in [0.15, 0.2) is 0 Å². The fourth-order valence-electron chi connectivity index (χ4n) is 0. The van der Waals surface area contributed by atoms with Gasteiger partial charge in [0.05, 0.1) is 0 Å². The molecule has 26 valence electrons. The molecule has 0 radical (unpaired) electrons. The molecule has 0 nitrogen and oxygen atoms in total. The lowest BCUT2D eigenvalue weighted by Gasteiger charge is -1.86. The predicted octanol–water partition coefficient (Wildman–Crippen LogP) is 0.180. The normalized spacial score (nSPS) is 9.00. The Kier molecular flexibility index (Phi) is 1.41. The molecule has 0 N–H and O–H groups in total. The van der Waals surface area contributed by atoms with E-state index in [1.807, 2.05) is 0 Å². The van der Waals surface area contributed by atoms with E-state index in [9.17, 15) is 0 Å². The summed E-state index contributed by atoms with van der Waals surface area (Å²) in [5.41, 5.74) is 0. The average molecular weight is 56.9 g/mol. The molecular weight excluding hydrogens is 46.8 g/mol. The lowest BCUT2D eigenvalue weighted by Crippen LogP contribution is -1.67. The SMILES string of the molecule is [BH3-]C(C)C. The molecule has 0 heterocycles. The van der Waals surface area contributed by atoms with Crippen LogP contribution in [0.4, 0.5) is 0 Å². The number of rotatable bonds is 0. The molecule has 0 rings (SSSR count). The molecule has 0 aromatic carbocycles. The van der Waals surface area contributed by atoms with Crippen molar-refractivity contribution in [2.45, 2.75) is 19.7 Å². The summed E-state index contributed by atoms with van der Waals surface area (Å²) >= 11 is 0. The molecule has 0 bridgehead atoms. The predicted molar refractivity (Wildman–Crippen MR) is 25.0 cm³/mol. The third-order valence-corrected chi connectivity index (χ3v) is 0. The van der Waals surface area contributed by atoms with Crippen LogP contribution in [0.1, 0.15) is 13.8 Å². The van der Waals surface area contributed by atoms with Crippen LogP contribution >= 0.6 is 0 Å². The summed E-state index contributed by atoms with van der Waals surface area (Å²) in [7, 11) is 0.694. The first-order valence-electron chi connectivity index (χ1n) is 1.15. The Morgan fingerprint density at radius 2 is 1.50 bits per heavy atom. The Labute approximate surface area is 28.6 Å². The van der Waals surface area contributed by atoms with Gasteiger partial charge < -0.3 is 0 Å². The summed E-state index contributed by atoms with van der Waals surface area (Å²) in [6.45, 7) is 4.56. The van der Waals surface area contributed by atoms with E-state index in [2.05, 4.69) is 13.8 Å². The van der Waals surface area contributed by atoms with Crippen LogP contribution in [0, 0.1) is 0 Å². The van der Waals surface area contributed by atoms with Crippen molar-refractivity contribution in [3.63, 3.8) is 0 Å². The highest BCUT2D eigenvalue weighted by Crippen LogP contribution is 1.84. The molecule has 0 aliphatic rings. The molecule has 0 atom stereocenters. The molecule has 0 saturated carbocycles. The molecule has 0 unspecified atom stereocenters. The summed E-state index contributed by atoms with van der Waals surface area (Å²) in [5, 5.41) is 0. The lowest BCUT2D eigenvalue weighted by atomic mass is 9.93. The largest absolute Gasteiger partial charge is 0.181 e. The molecule has 0 fully saturated rings. The van der Waals surface area contributed by atoms with Gasteiger partial charge in [-0.3, -0.25) is 0 Å². The summed E-state index contributed by atoms with van der Waals surface area (Å²) in [6, 6.07) is 0. The average Bonchev–Trinajstić information content (AvgIpc) is 0.811. The minimum Gasteiger partial charge on any atom is -0.181 e. The molecule has 1 heteroatoms. The molecule has 0 aromatic rings. The third kappa shape index (κ3) is 555. The maximum Gasteiger partial charge on any atom is -0.0450 e. The second-order valence-corrected chi connectivity index (χ2v) is 0.577. The standard InChI is InChI=1S/C3H10B/c1-3(2)4/h3H,1-2,4H3/q-1. The zero-order valence-electron chi connectivity index (χ0n) is 2.58. The zero-order chi connectivity index (χ0) is 3.58. The van der Waals surface area contributed by atoms with E-state index < -0.39 is 0 Å². The monoisotopic (exact) mass is 57.1 g/mol. The van der Waals surface area contributed by atoms with E-state index >= 15 is 0 Å². The Hall–Kier alpha value is 0.0649. The van der Waals surface area contributed by atoms with Gasteiger partial charge in [-0.2, -0.15) is 5.82 Å². The van der Waals surface area contributed by atoms with Crippen LogP contribution in [0.25, 0.3) is 0 Å². The zero-order valence-corrected chi connectivity index (χ0v) is 2.58. The van der Waals surface area contributed by atoms with Crippen LogP contribution in [0.3, 0.4) is 0 Å². The Bertz CT molecular complexity index is 8.00. The highest BCUT2D eigenvalue weighted by atomic mass is 13.6. The van der Waals surface area contributed by atoms with Crippen molar-refractivity contribution in [2.24, 2.45) is 0 Å². The van der Waals surface area contributed by atoms with Crippen molar-refractivity contribution in [1.29, 1.82) is 0 Å². The van der Waals surface area contributed by atoms with Gasteiger partial charge in [0.1, 0.15) is 0 Å². The fourth-order valence-corrected chi connectivity index (χ4v) is 0. The molecule has 0 aliphatic heterocycles. The third-order valence-electron chi connectivity index (χ3n) is 0.